The lowest BCUT2D eigenvalue weighted by molar-refractivity contribution is -0.115. The third kappa shape index (κ3) is 3.00. The number of cyclic esters (lactones) is 1. The van der Waals surface area contributed by atoms with Crippen LogP contribution in [0.15, 0.2) is 18.2 Å². The van der Waals surface area contributed by atoms with Gasteiger partial charge >= 0.3 is 6.09 Å². The summed E-state index contributed by atoms with van der Waals surface area (Å²) in [5, 5.41) is 2.82. The van der Waals surface area contributed by atoms with Crippen LogP contribution in [0.5, 0.6) is 0 Å². The topological polar surface area (TPSA) is 84.7 Å². The first-order valence-corrected chi connectivity index (χ1v) is 7.23. The smallest absolute Gasteiger partial charge is 0.410 e. The van der Waals surface area contributed by atoms with Crippen molar-refractivity contribution in [2.24, 2.45) is 5.73 Å². The van der Waals surface area contributed by atoms with Crippen LogP contribution in [0.25, 0.3) is 0 Å². The van der Waals surface area contributed by atoms with Crippen LogP contribution >= 0.6 is 0 Å². The summed E-state index contributed by atoms with van der Waals surface area (Å²) < 4.78 is 5.11. The summed E-state index contributed by atoms with van der Waals surface area (Å²) in [6.07, 6.45) is 1.76. The van der Waals surface area contributed by atoms with Gasteiger partial charge in [0.2, 0.25) is 5.91 Å². The minimum absolute atomic E-state index is 0.0507. The molecule has 1 aromatic carbocycles. The van der Waals surface area contributed by atoms with Crippen molar-refractivity contribution < 1.29 is 14.3 Å². The number of amides is 2. The maximum atomic E-state index is 11.6. The SMILES string of the molecule is NCC1CN(CCCc2ccc3c(c2)CC(=O)N3)C(=O)O1. The lowest BCUT2D eigenvalue weighted by Crippen LogP contribution is -2.28. The molecule has 21 heavy (non-hydrogen) atoms. The Morgan fingerprint density at radius 3 is 3.00 bits per heavy atom. The molecule has 2 aliphatic rings. The highest BCUT2D eigenvalue weighted by Gasteiger charge is 2.29. The van der Waals surface area contributed by atoms with E-state index < -0.39 is 0 Å². The van der Waals surface area contributed by atoms with E-state index in [-0.39, 0.29) is 18.1 Å². The third-order valence-electron chi connectivity index (χ3n) is 3.90. The van der Waals surface area contributed by atoms with Crippen molar-refractivity contribution in [2.75, 3.05) is 25.0 Å². The van der Waals surface area contributed by atoms with E-state index in [1.165, 1.54) is 5.56 Å². The average molecular weight is 289 g/mol. The minimum atomic E-state index is -0.269. The summed E-state index contributed by atoms with van der Waals surface area (Å²) in [6.45, 7) is 1.62. The van der Waals surface area contributed by atoms with Crippen LogP contribution < -0.4 is 11.1 Å². The van der Waals surface area contributed by atoms with Gasteiger partial charge in [0.25, 0.3) is 0 Å². The highest BCUT2D eigenvalue weighted by molar-refractivity contribution is 5.99. The molecule has 0 radical (unpaired) electrons. The van der Waals surface area contributed by atoms with Crippen LogP contribution in [-0.2, 0) is 22.4 Å². The van der Waals surface area contributed by atoms with E-state index in [0.717, 1.165) is 24.1 Å². The Hall–Kier alpha value is -2.08. The van der Waals surface area contributed by atoms with Crippen LogP contribution in [-0.4, -0.2) is 42.6 Å². The maximum absolute atomic E-state index is 11.6. The van der Waals surface area contributed by atoms with Crippen molar-refractivity contribution in [3.05, 3.63) is 29.3 Å². The molecule has 0 saturated carbocycles. The first-order valence-electron chi connectivity index (χ1n) is 7.23. The molecule has 0 bridgehead atoms. The van der Waals surface area contributed by atoms with E-state index >= 15 is 0 Å². The lowest BCUT2D eigenvalue weighted by Gasteiger charge is -2.12. The highest BCUT2D eigenvalue weighted by atomic mass is 16.6. The molecule has 1 fully saturated rings. The number of anilines is 1. The molecule has 6 nitrogen and oxygen atoms in total. The van der Waals surface area contributed by atoms with Gasteiger partial charge in [-0.15, -0.1) is 0 Å². The monoisotopic (exact) mass is 289 g/mol. The molecule has 1 saturated heterocycles. The second kappa shape index (κ2) is 5.73. The number of fused-ring (bicyclic) bond motifs is 1. The van der Waals surface area contributed by atoms with Crippen LogP contribution in [0, 0.1) is 0 Å². The summed E-state index contributed by atoms with van der Waals surface area (Å²) >= 11 is 0. The van der Waals surface area contributed by atoms with E-state index in [1.807, 2.05) is 12.1 Å². The number of nitrogens with one attached hydrogen (secondary N) is 1. The van der Waals surface area contributed by atoms with Gasteiger partial charge in [-0.1, -0.05) is 12.1 Å². The molecule has 3 N–H and O–H groups in total. The van der Waals surface area contributed by atoms with Gasteiger partial charge in [-0.2, -0.15) is 0 Å². The number of nitrogens with two attached hydrogens (primary N) is 1. The normalized spacial score (nSPS) is 20.4. The van der Waals surface area contributed by atoms with Gasteiger partial charge in [-0.25, -0.2) is 4.79 Å². The third-order valence-corrected chi connectivity index (χ3v) is 3.90. The number of hydrogen-bond acceptors (Lipinski definition) is 4. The zero-order valence-corrected chi connectivity index (χ0v) is 11.8. The number of aryl methyl sites for hydroxylation is 1. The van der Waals surface area contributed by atoms with Crippen molar-refractivity contribution in [3.63, 3.8) is 0 Å². The Morgan fingerprint density at radius 1 is 1.38 bits per heavy atom. The molecule has 2 heterocycles. The average Bonchev–Trinajstić information content (AvgIpc) is 3.00. The molecule has 2 aliphatic heterocycles. The van der Waals surface area contributed by atoms with Gasteiger partial charge in [0, 0.05) is 18.8 Å². The van der Waals surface area contributed by atoms with Gasteiger partial charge in [-0.3, -0.25) is 4.79 Å². The zero-order chi connectivity index (χ0) is 14.8. The minimum Gasteiger partial charge on any atom is -0.443 e. The summed E-state index contributed by atoms with van der Waals surface area (Å²) in [4.78, 5) is 24.6. The fourth-order valence-corrected chi connectivity index (χ4v) is 2.79. The summed E-state index contributed by atoms with van der Waals surface area (Å²) in [5.74, 6) is 0.0507. The van der Waals surface area contributed by atoms with E-state index in [1.54, 1.807) is 4.90 Å². The molecule has 1 unspecified atom stereocenters. The van der Waals surface area contributed by atoms with Crippen LogP contribution in [0.2, 0.25) is 0 Å². The van der Waals surface area contributed by atoms with Crippen LogP contribution in [0.3, 0.4) is 0 Å². The van der Waals surface area contributed by atoms with E-state index in [4.69, 9.17) is 10.5 Å². The Bertz CT molecular complexity index is 573. The van der Waals surface area contributed by atoms with Gasteiger partial charge in [0.1, 0.15) is 6.10 Å². The second-order valence-electron chi connectivity index (χ2n) is 5.51. The highest BCUT2D eigenvalue weighted by Crippen LogP contribution is 2.24. The molecule has 2 amide bonds. The molecule has 1 aromatic rings. The van der Waals surface area contributed by atoms with Crippen molar-refractivity contribution in [3.8, 4) is 0 Å². The summed E-state index contributed by atoms with van der Waals surface area (Å²) in [6, 6.07) is 6.04. The van der Waals surface area contributed by atoms with Gasteiger partial charge in [0.15, 0.2) is 0 Å². The molecule has 6 heteroatoms. The summed E-state index contributed by atoms with van der Waals surface area (Å²) in [7, 11) is 0. The fraction of sp³-hybridized carbons (Fsp3) is 0.467. The number of hydrogen-bond donors (Lipinski definition) is 2. The molecular formula is C15H19N3O3. The molecule has 1 atom stereocenters. The van der Waals surface area contributed by atoms with Gasteiger partial charge < -0.3 is 20.7 Å². The molecule has 112 valence electrons. The molecule has 0 spiro atoms. The van der Waals surface area contributed by atoms with Crippen molar-refractivity contribution in [2.45, 2.75) is 25.4 Å². The number of benzene rings is 1. The standard InChI is InChI=1S/C15H19N3O3/c16-8-12-9-18(15(20)21-12)5-1-2-10-3-4-13-11(6-10)7-14(19)17-13/h3-4,6,12H,1-2,5,7-9,16H2,(H,17,19). The number of nitrogens with zero attached hydrogens (tertiary/aromatic N) is 1. The van der Waals surface area contributed by atoms with Crippen LogP contribution in [0.4, 0.5) is 10.5 Å². The fourth-order valence-electron chi connectivity index (χ4n) is 2.79. The van der Waals surface area contributed by atoms with Crippen molar-refractivity contribution >= 4 is 17.7 Å². The van der Waals surface area contributed by atoms with E-state index in [0.29, 0.717) is 26.1 Å². The molecular weight excluding hydrogens is 270 g/mol. The second-order valence-corrected chi connectivity index (χ2v) is 5.51. The lowest BCUT2D eigenvalue weighted by atomic mass is 10.0. The Labute approximate surface area is 123 Å². The first kappa shape index (κ1) is 13.9. The maximum Gasteiger partial charge on any atom is 0.410 e. The van der Waals surface area contributed by atoms with Crippen LogP contribution in [0.1, 0.15) is 17.5 Å². The molecule has 3 rings (SSSR count). The zero-order valence-electron chi connectivity index (χ0n) is 11.8. The first-order chi connectivity index (χ1) is 10.2. The quantitative estimate of drug-likeness (QED) is 0.843. The van der Waals surface area contributed by atoms with Crippen molar-refractivity contribution in [1.82, 2.24) is 4.90 Å². The number of ether oxygens (including phenoxy) is 1. The van der Waals surface area contributed by atoms with Crippen molar-refractivity contribution in [1.29, 1.82) is 0 Å². The Balaban J connectivity index is 1.51. The Kier molecular flexibility index (Phi) is 3.79. The van der Waals surface area contributed by atoms with E-state index in [9.17, 15) is 9.59 Å². The predicted molar refractivity (Wildman–Crippen MR) is 78.0 cm³/mol. The summed E-state index contributed by atoms with van der Waals surface area (Å²) in [5.41, 5.74) is 8.66. The predicted octanol–water partition coefficient (Wildman–Crippen LogP) is 0.893. The number of rotatable bonds is 5. The van der Waals surface area contributed by atoms with Gasteiger partial charge in [0.05, 0.1) is 13.0 Å². The van der Waals surface area contributed by atoms with E-state index in [2.05, 4.69) is 11.4 Å². The number of carbonyl (C=O) groups excluding carboxylic acids is 2. The Morgan fingerprint density at radius 2 is 2.24 bits per heavy atom. The molecule has 0 aromatic heterocycles. The largest absolute Gasteiger partial charge is 0.443 e. The number of carbonyl (C=O) groups is 2. The molecule has 0 aliphatic carbocycles. The van der Waals surface area contributed by atoms with Gasteiger partial charge in [-0.05, 0) is 30.0 Å².